The second-order valence-electron chi connectivity index (χ2n) is 4.86. The van der Waals surface area contributed by atoms with E-state index in [1.165, 1.54) is 0 Å². The summed E-state index contributed by atoms with van der Waals surface area (Å²) in [6, 6.07) is 4.34. The van der Waals surface area contributed by atoms with E-state index in [4.69, 9.17) is 0 Å². The van der Waals surface area contributed by atoms with E-state index in [2.05, 4.69) is 29.4 Å². The van der Waals surface area contributed by atoms with E-state index in [9.17, 15) is 4.39 Å². The number of hydrogen-bond donors (Lipinski definition) is 1. The number of nitrogens with one attached hydrogen (secondary N) is 1. The highest BCUT2D eigenvalue weighted by Gasteiger charge is 2.08. The fourth-order valence-corrected chi connectivity index (χ4v) is 2.16. The summed E-state index contributed by atoms with van der Waals surface area (Å²) in [5.74, 6) is 0. The van der Waals surface area contributed by atoms with E-state index < -0.39 is 6.67 Å². The minimum atomic E-state index is -0.393. The first-order chi connectivity index (χ1) is 9.76. The molecule has 2 aromatic heterocycles. The molecule has 2 heterocycles. The van der Waals surface area contributed by atoms with Crippen molar-refractivity contribution in [3.8, 4) is 0 Å². The van der Waals surface area contributed by atoms with Crippen molar-refractivity contribution in [2.45, 2.75) is 45.9 Å². The number of rotatable bonds is 8. The SMILES string of the molecule is CCC(C)n1nccc1CNCc1ccnn1CCF. The molecule has 1 atom stereocenters. The van der Waals surface area contributed by atoms with Gasteiger partial charge in [0.25, 0.3) is 0 Å². The minimum Gasteiger partial charge on any atom is -0.306 e. The highest BCUT2D eigenvalue weighted by molar-refractivity contribution is 5.03. The molecule has 2 aromatic rings. The Bertz CT molecular complexity index is 519. The minimum absolute atomic E-state index is 0.314. The third-order valence-corrected chi connectivity index (χ3v) is 3.47. The van der Waals surface area contributed by atoms with E-state index >= 15 is 0 Å². The molecule has 6 heteroatoms. The maximum Gasteiger partial charge on any atom is 0.109 e. The van der Waals surface area contributed by atoms with Crippen LogP contribution >= 0.6 is 0 Å². The zero-order chi connectivity index (χ0) is 14.4. The zero-order valence-electron chi connectivity index (χ0n) is 12.1. The van der Waals surface area contributed by atoms with Gasteiger partial charge in [-0.1, -0.05) is 6.92 Å². The van der Waals surface area contributed by atoms with Gasteiger partial charge in [-0.2, -0.15) is 10.2 Å². The number of nitrogens with zero attached hydrogens (tertiary/aromatic N) is 4. The highest BCUT2D eigenvalue weighted by atomic mass is 19.1. The van der Waals surface area contributed by atoms with Crippen LogP contribution in [-0.2, 0) is 19.6 Å². The van der Waals surface area contributed by atoms with Gasteiger partial charge < -0.3 is 5.32 Å². The lowest BCUT2D eigenvalue weighted by atomic mass is 10.2. The average molecular weight is 279 g/mol. The van der Waals surface area contributed by atoms with E-state index in [0.29, 0.717) is 19.1 Å². The molecule has 1 N–H and O–H groups in total. The summed E-state index contributed by atoms with van der Waals surface area (Å²) >= 11 is 0. The van der Waals surface area contributed by atoms with Gasteiger partial charge in [0, 0.05) is 31.5 Å². The van der Waals surface area contributed by atoms with Crippen LogP contribution in [0.3, 0.4) is 0 Å². The molecule has 0 aliphatic heterocycles. The van der Waals surface area contributed by atoms with Gasteiger partial charge in [0.05, 0.1) is 17.9 Å². The predicted molar refractivity (Wildman–Crippen MR) is 76.0 cm³/mol. The fourth-order valence-electron chi connectivity index (χ4n) is 2.16. The smallest absolute Gasteiger partial charge is 0.109 e. The molecule has 0 spiro atoms. The van der Waals surface area contributed by atoms with Crippen LogP contribution in [0.1, 0.15) is 37.7 Å². The van der Waals surface area contributed by atoms with Crippen LogP contribution in [-0.4, -0.2) is 26.2 Å². The first kappa shape index (κ1) is 14.7. The summed E-state index contributed by atoms with van der Waals surface area (Å²) in [5, 5.41) is 11.8. The second-order valence-corrected chi connectivity index (χ2v) is 4.86. The first-order valence-electron chi connectivity index (χ1n) is 7.06. The molecule has 1 unspecified atom stereocenters. The molecular formula is C14H22FN5. The molecular weight excluding hydrogens is 257 g/mol. The summed E-state index contributed by atoms with van der Waals surface area (Å²) in [4.78, 5) is 0. The van der Waals surface area contributed by atoms with Crippen molar-refractivity contribution in [2.24, 2.45) is 0 Å². The summed E-state index contributed by atoms with van der Waals surface area (Å²) in [6.45, 7) is 5.65. The molecule has 0 aromatic carbocycles. The Kier molecular flexibility index (Phi) is 5.29. The predicted octanol–water partition coefficient (Wildman–Crippen LogP) is 2.31. The Morgan fingerprint density at radius 2 is 1.90 bits per heavy atom. The number of aryl methyl sites for hydroxylation is 1. The lowest BCUT2D eigenvalue weighted by molar-refractivity contribution is 0.415. The van der Waals surface area contributed by atoms with Gasteiger partial charge in [-0.15, -0.1) is 0 Å². The van der Waals surface area contributed by atoms with E-state index in [-0.39, 0.29) is 0 Å². The molecule has 0 amide bonds. The molecule has 0 saturated carbocycles. The number of halogens is 1. The standard InChI is InChI=1S/C14H22FN5/c1-3-12(2)20-14(5-8-18-20)11-16-10-13-4-7-17-19(13)9-6-15/h4-5,7-8,12,16H,3,6,9-11H2,1-2H3. The lowest BCUT2D eigenvalue weighted by Gasteiger charge is -2.14. The average Bonchev–Trinajstić information content (AvgIpc) is 3.08. The van der Waals surface area contributed by atoms with Crippen molar-refractivity contribution < 1.29 is 4.39 Å². The molecule has 0 saturated heterocycles. The number of hydrogen-bond acceptors (Lipinski definition) is 3. The van der Waals surface area contributed by atoms with Gasteiger partial charge in [-0.05, 0) is 25.5 Å². The van der Waals surface area contributed by atoms with E-state index in [1.807, 2.05) is 23.0 Å². The van der Waals surface area contributed by atoms with Crippen LogP contribution in [0.25, 0.3) is 0 Å². The lowest BCUT2D eigenvalue weighted by Crippen LogP contribution is -2.20. The summed E-state index contributed by atoms with van der Waals surface area (Å²) in [5.41, 5.74) is 2.16. The van der Waals surface area contributed by atoms with Crippen molar-refractivity contribution in [3.05, 3.63) is 35.9 Å². The van der Waals surface area contributed by atoms with Crippen LogP contribution in [0.4, 0.5) is 4.39 Å². The molecule has 0 aliphatic rings. The van der Waals surface area contributed by atoms with Crippen molar-refractivity contribution in [1.29, 1.82) is 0 Å². The van der Waals surface area contributed by atoms with Gasteiger partial charge in [0.15, 0.2) is 0 Å². The Morgan fingerprint density at radius 1 is 1.20 bits per heavy atom. The van der Waals surface area contributed by atoms with E-state index in [1.54, 1.807) is 10.9 Å². The van der Waals surface area contributed by atoms with Crippen molar-refractivity contribution in [3.63, 3.8) is 0 Å². The van der Waals surface area contributed by atoms with Gasteiger partial charge in [0.1, 0.15) is 6.67 Å². The largest absolute Gasteiger partial charge is 0.306 e. The third-order valence-electron chi connectivity index (χ3n) is 3.47. The molecule has 0 radical (unpaired) electrons. The van der Waals surface area contributed by atoms with Crippen LogP contribution in [0.5, 0.6) is 0 Å². The molecule has 110 valence electrons. The molecule has 0 aliphatic carbocycles. The van der Waals surface area contributed by atoms with E-state index in [0.717, 1.165) is 24.4 Å². The third kappa shape index (κ3) is 3.45. The molecule has 2 rings (SSSR count). The maximum atomic E-state index is 12.4. The first-order valence-corrected chi connectivity index (χ1v) is 7.06. The highest BCUT2D eigenvalue weighted by Crippen LogP contribution is 2.12. The summed E-state index contributed by atoms with van der Waals surface area (Å²) in [7, 11) is 0. The molecule has 0 bridgehead atoms. The maximum absolute atomic E-state index is 12.4. The van der Waals surface area contributed by atoms with Crippen LogP contribution in [0.15, 0.2) is 24.5 Å². The molecule has 20 heavy (non-hydrogen) atoms. The van der Waals surface area contributed by atoms with Crippen LogP contribution < -0.4 is 5.32 Å². The topological polar surface area (TPSA) is 47.7 Å². The second kappa shape index (κ2) is 7.19. The van der Waals surface area contributed by atoms with Crippen LogP contribution in [0.2, 0.25) is 0 Å². The van der Waals surface area contributed by atoms with Gasteiger partial charge >= 0.3 is 0 Å². The fraction of sp³-hybridized carbons (Fsp3) is 0.571. The van der Waals surface area contributed by atoms with Crippen molar-refractivity contribution in [2.75, 3.05) is 6.67 Å². The van der Waals surface area contributed by atoms with Gasteiger partial charge in [-0.3, -0.25) is 9.36 Å². The Morgan fingerprint density at radius 3 is 2.65 bits per heavy atom. The van der Waals surface area contributed by atoms with Gasteiger partial charge in [-0.25, -0.2) is 4.39 Å². The van der Waals surface area contributed by atoms with Crippen molar-refractivity contribution >= 4 is 0 Å². The monoisotopic (exact) mass is 279 g/mol. The number of aromatic nitrogens is 4. The summed E-state index contributed by atoms with van der Waals surface area (Å²) in [6.07, 6.45) is 4.59. The van der Waals surface area contributed by atoms with Gasteiger partial charge in [0.2, 0.25) is 0 Å². The van der Waals surface area contributed by atoms with Crippen LogP contribution in [0, 0.1) is 0 Å². The Balaban J connectivity index is 1.90. The normalized spacial score (nSPS) is 12.8. The zero-order valence-corrected chi connectivity index (χ0v) is 12.1. The number of alkyl halides is 1. The summed E-state index contributed by atoms with van der Waals surface area (Å²) < 4.78 is 16.1. The molecule has 5 nitrogen and oxygen atoms in total. The Hall–Kier alpha value is -1.69. The Labute approximate surface area is 118 Å². The molecule has 0 fully saturated rings. The van der Waals surface area contributed by atoms with Crippen molar-refractivity contribution in [1.82, 2.24) is 24.9 Å². The quantitative estimate of drug-likeness (QED) is 0.806.